The minimum atomic E-state index is 0.680. The average molecular weight is 358 g/mol. The molecular weight excluding hydrogens is 336 g/mol. The molecule has 0 saturated carbocycles. The van der Waals surface area contributed by atoms with Gasteiger partial charge in [-0.3, -0.25) is 4.68 Å². The Kier molecular flexibility index (Phi) is 4.55. The quantitative estimate of drug-likeness (QED) is 0.499. The van der Waals surface area contributed by atoms with Crippen LogP contribution < -0.4 is 9.47 Å². The maximum atomic E-state index is 5.69. The maximum absolute atomic E-state index is 5.69. The molecule has 4 aromatic rings. The first-order valence-electron chi connectivity index (χ1n) is 8.93. The van der Waals surface area contributed by atoms with Gasteiger partial charge in [0.25, 0.3) is 0 Å². The van der Waals surface area contributed by atoms with Gasteiger partial charge >= 0.3 is 0 Å². The molecule has 0 aliphatic carbocycles. The lowest BCUT2D eigenvalue weighted by molar-refractivity contribution is 0.398. The van der Waals surface area contributed by atoms with Gasteiger partial charge in [-0.05, 0) is 12.5 Å². The highest BCUT2D eigenvalue weighted by atomic mass is 16.5. The van der Waals surface area contributed by atoms with Crippen LogP contribution in [0.2, 0.25) is 0 Å². The minimum Gasteiger partial charge on any atom is -0.497 e. The van der Waals surface area contributed by atoms with Crippen LogP contribution >= 0.6 is 0 Å². The van der Waals surface area contributed by atoms with Crippen molar-refractivity contribution in [2.75, 3.05) is 14.2 Å². The number of ether oxygens (including phenoxy) is 2. The first-order valence-corrected chi connectivity index (χ1v) is 8.93. The summed E-state index contributed by atoms with van der Waals surface area (Å²) in [4.78, 5) is 0. The highest BCUT2D eigenvalue weighted by Crippen LogP contribution is 2.38. The third-order valence-electron chi connectivity index (χ3n) is 4.75. The van der Waals surface area contributed by atoms with Crippen LogP contribution in [-0.4, -0.2) is 24.0 Å². The number of aryl methyl sites for hydroxylation is 1. The molecule has 0 spiro atoms. The van der Waals surface area contributed by atoms with Crippen LogP contribution in [0, 0.1) is 6.92 Å². The predicted molar refractivity (Wildman–Crippen MR) is 109 cm³/mol. The molecule has 0 unspecified atom stereocenters. The third kappa shape index (κ3) is 3.26. The lowest BCUT2D eigenvalue weighted by Crippen LogP contribution is -2.01. The molecule has 0 aliphatic heterocycles. The highest BCUT2D eigenvalue weighted by Gasteiger charge is 2.18. The van der Waals surface area contributed by atoms with Crippen LogP contribution in [0.4, 0.5) is 0 Å². The van der Waals surface area contributed by atoms with Gasteiger partial charge in [0, 0.05) is 17.7 Å². The maximum Gasteiger partial charge on any atom is 0.134 e. The number of fused-ring (bicyclic) bond motifs is 1. The van der Waals surface area contributed by atoms with Crippen LogP contribution in [0.3, 0.4) is 0 Å². The lowest BCUT2D eigenvalue weighted by atomic mass is 10.1. The fraction of sp³-hybridized carbons (Fsp3) is 0.174. The molecule has 0 saturated heterocycles. The number of rotatable bonds is 5. The molecule has 4 nitrogen and oxygen atoms in total. The topological polar surface area (TPSA) is 36.3 Å². The van der Waals surface area contributed by atoms with Gasteiger partial charge in [-0.2, -0.15) is 5.10 Å². The molecule has 0 amide bonds. The van der Waals surface area contributed by atoms with Crippen molar-refractivity contribution in [2.24, 2.45) is 0 Å². The fourth-order valence-corrected chi connectivity index (χ4v) is 3.31. The van der Waals surface area contributed by atoms with E-state index in [1.165, 1.54) is 11.1 Å². The highest BCUT2D eigenvalue weighted by molar-refractivity contribution is 5.99. The zero-order valence-electron chi connectivity index (χ0n) is 15.8. The summed E-state index contributed by atoms with van der Waals surface area (Å²) in [5.41, 5.74) is 5.39. The third-order valence-corrected chi connectivity index (χ3v) is 4.75. The summed E-state index contributed by atoms with van der Waals surface area (Å²) in [5, 5.41) is 5.95. The summed E-state index contributed by atoms with van der Waals surface area (Å²) < 4.78 is 13.2. The van der Waals surface area contributed by atoms with Gasteiger partial charge in [0.15, 0.2) is 0 Å². The summed E-state index contributed by atoms with van der Waals surface area (Å²) in [5.74, 6) is 1.52. The molecule has 0 radical (unpaired) electrons. The van der Waals surface area contributed by atoms with Crippen molar-refractivity contribution in [2.45, 2.75) is 13.5 Å². The van der Waals surface area contributed by atoms with E-state index in [1.807, 2.05) is 35.0 Å². The second kappa shape index (κ2) is 7.16. The Morgan fingerprint density at radius 1 is 0.889 bits per heavy atom. The van der Waals surface area contributed by atoms with Crippen molar-refractivity contribution in [3.63, 3.8) is 0 Å². The number of aromatic nitrogens is 2. The monoisotopic (exact) mass is 358 g/mol. The van der Waals surface area contributed by atoms with Crippen molar-refractivity contribution in [3.8, 4) is 22.8 Å². The number of hydrogen-bond donors (Lipinski definition) is 0. The van der Waals surface area contributed by atoms with E-state index in [1.54, 1.807) is 14.2 Å². The van der Waals surface area contributed by atoms with Crippen LogP contribution in [0.1, 0.15) is 11.1 Å². The standard InChI is InChI=1S/C23H22N2O2/c1-16-9-11-18(12-10-16)23-22-20(13-19(26-2)14-21(22)27-3)25(24-23)15-17-7-5-4-6-8-17/h4-14H,15H2,1-3H3. The van der Waals surface area contributed by atoms with Gasteiger partial charge in [-0.15, -0.1) is 0 Å². The number of methoxy groups -OCH3 is 2. The van der Waals surface area contributed by atoms with Gasteiger partial charge in [-0.25, -0.2) is 0 Å². The molecule has 1 heterocycles. The normalized spacial score (nSPS) is 10.9. The SMILES string of the molecule is COc1cc(OC)c2c(-c3ccc(C)cc3)nn(Cc3ccccc3)c2c1. The van der Waals surface area contributed by atoms with E-state index in [9.17, 15) is 0 Å². The second-order valence-corrected chi connectivity index (χ2v) is 6.58. The molecule has 0 N–H and O–H groups in total. The average Bonchev–Trinajstić information content (AvgIpc) is 3.07. The Balaban J connectivity index is 1.95. The Hall–Kier alpha value is -3.27. The van der Waals surface area contributed by atoms with Gasteiger partial charge in [0.1, 0.15) is 17.2 Å². The summed E-state index contributed by atoms with van der Waals surface area (Å²) in [6.45, 7) is 2.76. The Morgan fingerprint density at radius 3 is 2.30 bits per heavy atom. The summed E-state index contributed by atoms with van der Waals surface area (Å²) in [6, 6.07) is 22.7. The molecule has 27 heavy (non-hydrogen) atoms. The summed E-state index contributed by atoms with van der Waals surface area (Å²) in [6.07, 6.45) is 0. The first-order chi connectivity index (χ1) is 13.2. The molecule has 3 aromatic carbocycles. The number of nitrogens with zero attached hydrogens (tertiary/aromatic N) is 2. The molecule has 0 aliphatic rings. The summed E-state index contributed by atoms with van der Waals surface area (Å²) in [7, 11) is 3.35. The van der Waals surface area contributed by atoms with E-state index in [4.69, 9.17) is 14.6 Å². The molecule has 4 rings (SSSR count). The Labute approximate surface area is 159 Å². The zero-order valence-corrected chi connectivity index (χ0v) is 15.8. The molecule has 136 valence electrons. The molecule has 0 bridgehead atoms. The van der Waals surface area contributed by atoms with E-state index in [-0.39, 0.29) is 0 Å². The molecule has 0 atom stereocenters. The van der Waals surface area contributed by atoms with Crippen molar-refractivity contribution < 1.29 is 9.47 Å². The number of hydrogen-bond acceptors (Lipinski definition) is 3. The van der Waals surface area contributed by atoms with Gasteiger partial charge in [0.2, 0.25) is 0 Å². The molecule has 0 fully saturated rings. The smallest absolute Gasteiger partial charge is 0.134 e. The van der Waals surface area contributed by atoms with Crippen molar-refractivity contribution in [3.05, 3.63) is 77.9 Å². The molecular formula is C23H22N2O2. The van der Waals surface area contributed by atoms with Crippen molar-refractivity contribution in [1.29, 1.82) is 0 Å². The molecule has 1 aromatic heterocycles. The van der Waals surface area contributed by atoms with Crippen LogP contribution in [0.15, 0.2) is 66.7 Å². The second-order valence-electron chi connectivity index (χ2n) is 6.58. The van der Waals surface area contributed by atoms with Crippen LogP contribution in [-0.2, 0) is 6.54 Å². The van der Waals surface area contributed by atoms with Gasteiger partial charge in [0.05, 0.1) is 31.7 Å². The minimum absolute atomic E-state index is 0.680. The van der Waals surface area contributed by atoms with Crippen LogP contribution in [0.25, 0.3) is 22.2 Å². The Morgan fingerprint density at radius 2 is 1.63 bits per heavy atom. The fourth-order valence-electron chi connectivity index (χ4n) is 3.31. The van der Waals surface area contributed by atoms with E-state index < -0.39 is 0 Å². The van der Waals surface area contributed by atoms with Gasteiger partial charge < -0.3 is 9.47 Å². The Bertz CT molecular complexity index is 1070. The van der Waals surface area contributed by atoms with Gasteiger partial charge in [-0.1, -0.05) is 60.2 Å². The number of benzene rings is 3. The van der Waals surface area contributed by atoms with Crippen LogP contribution in [0.5, 0.6) is 11.5 Å². The largest absolute Gasteiger partial charge is 0.497 e. The van der Waals surface area contributed by atoms with Crippen molar-refractivity contribution in [1.82, 2.24) is 9.78 Å². The van der Waals surface area contributed by atoms with E-state index in [0.717, 1.165) is 33.7 Å². The van der Waals surface area contributed by atoms with E-state index in [0.29, 0.717) is 6.54 Å². The molecule has 4 heteroatoms. The van der Waals surface area contributed by atoms with E-state index >= 15 is 0 Å². The zero-order chi connectivity index (χ0) is 18.8. The predicted octanol–water partition coefficient (Wildman–Crippen LogP) is 5.08. The van der Waals surface area contributed by atoms with Crippen molar-refractivity contribution >= 4 is 10.9 Å². The van der Waals surface area contributed by atoms with E-state index in [2.05, 4.69) is 43.3 Å². The summed E-state index contributed by atoms with van der Waals surface area (Å²) >= 11 is 0. The first kappa shape index (κ1) is 17.2. The lowest BCUT2D eigenvalue weighted by Gasteiger charge is -2.08.